The minimum Gasteiger partial charge on any atom is -0.0767 e. The summed E-state index contributed by atoms with van der Waals surface area (Å²) in [6, 6.07) is 21.5. The number of allylic oxidation sites excluding steroid dienone is 4. The van der Waals surface area contributed by atoms with E-state index in [1.54, 1.807) is 0 Å². The van der Waals surface area contributed by atoms with E-state index < -0.39 is 0 Å². The third kappa shape index (κ3) is 3.22. The first-order chi connectivity index (χ1) is 8.95. The van der Waals surface area contributed by atoms with Crippen molar-refractivity contribution in [3.8, 4) is 0 Å². The summed E-state index contributed by atoms with van der Waals surface area (Å²) in [7, 11) is 0. The van der Waals surface area contributed by atoms with Crippen molar-refractivity contribution < 1.29 is 25.8 Å². The van der Waals surface area contributed by atoms with Gasteiger partial charge in [-0.2, -0.15) is 0 Å². The third-order valence-electron chi connectivity index (χ3n) is 3.48. The summed E-state index contributed by atoms with van der Waals surface area (Å²) in [5.41, 5.74) is 2.76. The Morgan fingerprint density at radius 3 is 1.47 bits per heavy atom. The average Bonchev–Trinajstić information content (AvgIpc) is 2.95. The molecule has 1 heteroatoms. The summed E-state index contributed by atoms with van der Waals surface area (Å²) < 4.78 is 0. The van der Waals surface area contributed by atoms with Crippen molar-refractivity contribution in [3.05, 3.63) is 96.1 Å². The van der Waals surface area contributed by atoms with Crippen LogP contribution in [0.1, 0.15) is 17.0 Å². The maximum Gasteiger partial charge on any atom is 0.0187 e. The molecule has 2 aromatic carbocycles. The Balaban J connectivity index is 0.00000133. The van der Waals surface area contributed by atoms with Crippen molar-refractivity contribution in [2.75, 3.05) is 0 Å². The van der Waals surface area contributed by atoms with Crippen molar-refractivity contribution >= 4 is 0 Å². The Labute approximate surface area is 133 Å². The predicted molar refractivity (Wildman–Crippen MR) is 76.5 cm³/mol. The second-order valence-electron chi connectivity index (χ2n) is 4.65. The van der Waals surface area contributed by atoms with Gasteiger partial charge in [-0.25, -0.2) is 0 Å². The SMILES string of the molecule is C1=CC(C(c2ccccc2)c2ccccc2)C=C1.[Hf]. The van der Waals surface area contributed by atoms with Crippen LogP contribution in [0.2, 0.25) is 0 Å². The average molecular weight is 411 g/mol. The zero-order valence-electron chi connectivity index (χ0n) is 10.7. The first-order valence-electron chi connectivity index (χ1n) is 6.40. The minimum atomic E-state index is 0. The Morgan fingerprint density at radius 2 is 1.05 bits per heavy atom. The minimum absolute atomic E-state index is 0. The van der Waals surface area contributed by atoms with Crippen LogP contribution in [0.25, 0.3) is 0 Å². The van der Waals surface area contributed by atoms with E-state index in [-0.39, 0.29) is 25.8 Å². The van der Waals surface area contributed by atoms with Gasteiger partial charge >= 0.3 is 0 Å². The maximum absolute atomic E-state index is 2.28. The molecule has 0 bridgehead atoms. The van der Waals surface area contributed by atoms with E-state index in [0.29, 0.717) is 11.8 Å². The van der Waals surface area contributed by atoms with Gasteiger partial charge in [-0.15, -0.1) is 0 Å². The first kappa shape index (κ1) is 14.2. The van der Waals surface area contributed by atoms with Crippen molar-refractivity contribution in [1.29, 1.82) is 0 Å². The number of hydrogen-bond donors (Lipinski definition) is 0. The zero-order chi connectivity index (χ0) is 12.2. The summed E-state index contributed by atoms with van der Waals surface area (Å²) >= 11 is 0. The number of hydrogen-bond acceptors (Lipinski definition) is 0. The molecule has 0 unspecified atom stereocenters. The van der Waals surface area contributed by atoms with Gasteiger partial charge in [0, 0.05) is 37.7 Å². The van der Waals surface area contributed by atoms with E-state index in [9.17, 15) is 0 Å². The van der Waals surface area contributed by atoms with Gasteiger partial charge in [-0.3, -0.25) is 0 Å². The van der Waals surface area contributed by atoms with Crippen LogP contribution in [0.3, 0.4) is 0 Å². The van der Waals surface area contributed by atoms with Gasteiger partial charge in [0.05, 0.1) is 0 Å². The van der Waals surface area contributed by atoms with E-state index in [2.05, 4.69) is 85.0 Å². The third-order valence-corrected chi connectivity index (χ3v) is 3.48. The van der Waals surface area contributed by atoms with E-state index in [0.717, 1.165) is 0 Å². The fraction of sp³-hybridized carbons (Fsp3) is 0.111. The maximum atomic E-state index is 2.28. The molecule has 1 aliphatic carbocycles. The topological polar surface area (TPSA) is 0 Å². The largest absolute Gasteiger partial charge is 0.0767 e. The standard InChI is InChI=1S/C18H16.Hf/c1-3-9-15(10-4-1)18(17-13-7-8-14-17)16-11-5-2-6-12-16;/h1-14,17-18H;. The van der Waals surface area contributed by atoms with Crippen molar-refractivity contribution in [2.24, 2.45) is 5.92 Å². The summed E-state index contributed by atoms with van der Waals surface area (Å²) in [6.07, 6.45) is 8.85. The van der Waals surface area contributed by atoms with Crippen LogP contribution in [0, 0.1) is 5.92 Å². The van der Waals surface area contributed by atoms with Crippen LogP contribution in [-0.2, 0) is 25.8 Å². The fourth-order valence-electron chi connectivity index (χ4n) is 2.63. The van der Waals surface area contributed by atoms with E-state index in [1.165, 1.54) is 11.1 Å². The molecule has 0 heterocycles. The molecule has 0 N–H and O–H groups in total. The van der Waals surface area contributed by atoms with E-state index in [4.69, 9.17) is 0 Å². The van der Waals surface area contributed by atoms with Crippen LogP contribution >= 0.6 is 0 Å². The Bertz CT molecular complexity index is 503. The molecule has 1 aliphatic rings. The molecular formula is C18H16Hf. The molecule has 0 fully saturated rings. The molecule has 0 saturated heterocycles. The number of rotatable bonds is 3. The Hall–Kier alpha value is -1.21. The van der Waals surface area contributed by atoms with Crippen molar-refractivity contribution in [1.82, 2.24) is 0 Å². The molecule has 0 radical (unpaired) electrons. The Kier molecular flexibility index (Phi) is 5.09. The van der Waals surface area contributed by atoms with Gasteiger partial charge in [-0.1, -0.05) is 85.0 Å². The first-order valence-corrected chi connectivity index (χ1v) is 6.40. The molecule has 3 rings (SSSR count). The monoisotopic (exact) mass is 412 g/mol. The molecule has 19 heavy (non-hydrogen) atoms. The molecule has 0 amide bonds. The predicted octanol–water partition coefficient (Wildman–Crippen LogP) is 4.56. The van der Waals surface area contributed by atoms with E-state index in [1.807, 2.05) is 0 Å². The molecule has 0 nitrogen and oxygen atoms in total. The second kappa shape index (κ2) is 6.81. The van der Waals surface area contributed by atoms with Crippen molar-refractivity contribution in [2.45, 2.75) is 5.92 Å². The van der Waals surface area contributed by atoms with Crippen LogP contribution in [0.4, 0.5) is 0 Å². The summed E-state index contributed by atoms with van der Waals surface area (Å²) in [6.45, 7) is 0. The Morgan fingerprint density at radius 1 is 0.632 bits per heavy atom. The smallest absolute Gasteiger partial charge is 0.0187 e. The van der Waals surface area contributed by atoms with Gasteiger partial charge in [-0.05, 0) is 11.1 Å². The molecule has 92 valence electrons. The normalized spacial score (nSPS) is 13.7. The van der Waals surface area contributed by atoms with Gasteiger partial charge < -0.3 is 0 Å². The van der Waals surface area contributed by atoms with Gasteiger partial charge in [0.2, 0.25) is 0 Å². The van der Waals surface area contributed by atoms with E-state index >= 15 is 0 Å². The van der Waals surface area contributed by atoms with Crippen molar-refractivity contribution in [3.63, 3.8) is 0 Å². The molecule has 2 aromatic rings. The zero-order valence-corrected chi connectivity index (χ0v) is 14.3. The van der Waals surface area contributed by atoms with Gasteiger partial charge in [0.1, 0.15) is 0 Å². The van der Waals surface area contributed by atoms with Crippen LogP contribution < -0.4 is 0 Å². The second-order valence-corrected chi connectivity index (χ2v) is 4.65. The summed E-state index contributed by atoms with van der Waals surface area (Å²) in [5, 5.41) is 0. The molecule has 0 atom stereocenters. The van der Waals surface area contributed by atoms with Crippen LogP contribution in [-0.4, -0.2) is 0 Å². The molecular weight excluding hydrogens is 395 g/mol. The number of benzene rings is 2. The summed E-state index contributed by atoms with van der Waals surface area (Å²) in [4.78, 5) is 0. The van der Waals surface area contributed by atoms with Gasteiger partial charge in [0.25, 0.3) is 0 Å². The van der Waals surface area contributed by atoms with Gasteiger partial charge in [0.15, 0.2) is 0 Å². The van der Waals surface area contributed by atoms with Crippen LogP contribution in [0.5, 0.6) is 0 Å². The van der Waals surface area contributed by atoms with Crippen LogP contribution in [0.15, 0.2) is 85.0 Å². The summed E-state index contributed by atoms with van der Waals surface area (Å²) in [5.74, 6) is 0.886. The fourth-order valence-corrected chi connectivity index (χ4v) is 2.63. The molecule has 0 aromatic heterocycles. The molecule has 0 aliphatic heterocycles. The quantitative estimate of drug-likeness (QED) is 0.651. The molecule has 0 spiro atoms. The molecule has 0 saturated carbocycles.